The van der Waals surface area contributed by atoms with Crippen LogP contribution in [0.25, 0.3) is 27.4 Å². The first-order valence-electron chi connectivity index (χ1n) is 11.3. The number of nitrogens with zero attached hydrogens (tertiary/aromatic N) is 3. The van der Waals surface area contributed by atoms with Crippen molar-refractivity contribution in [1.29, 1.82) is 0 Å². The number of hydrogen-bond donors (Lipinski definition) is 0. The van der Waals surface area contributed by atoms with Gasteiger partial charge in [0, 0.05) is 11.9 Å². The van der Waals surface area contributed by atoms with E-state index in [1.807, 2.05) is 49.4 Å². The molecule has 174 valence electrons. The van der Waals surface area contributed by atoms with E-state index in [2.05, 4.69) is 4.98 Å². The Balaban J connectivity index is 1.53. The monoisotopic (exact) mass is 483 g/mol. The standard InChI is InChI=1S/C28H22FN3O2S/c1-2-31(24-17-9-11-19-10-3-4-12-20(19)24)26(33)18-35-28-30-23-15-7-5-13-21(23)27(34)32(28)25-16-8-6-14-22(25)29/h3-17H,2,18H2,1H3. The highest BCUT2D eigenvalue weighted by Gasteiger charge is 2.20. The average molecular weight is 484 g/mol. The number of anilines is 1. The maximum absolute atomic E-state index is 14.7. The van der Waals surface area contributed by atoms with Crippen LogP contribution < -0.4 is 10.5 Å². The summed E-state index contributed by atoms with van der Waals surface area (Å²) in [5.74, 6) is -0.627. The third-order valence-electron chi connectivity index (χ3n) is 5.84. The van der Waals surface area contributed by atoms with Gasteiger partial charge in [-0.1, -0.05) is 72.4 Å². The van der Waals surface area contributed by atoms with Gasteiger partial charge in [-0.3, -0.25) is 14.2 Å². The lowest BCUT2D eigenvalue weighted by molar-refractivity contribution is -0.116. The predicted molar refractivity (Wildman–Crippen MR) is 140 cm³/mol. The number of fused-ring (bicyclic) bond motifs is 2. The van der Waals surface area contributed by atoms with Crippen molar-refractivity contribution in [2.45, 2.75) is 12.1 Å². The molecule has 4 aromatic carbocycles. The van der Waals surface area contributed by atoms with Crippen molar-refractivity contribution in [3.63, 3.8) is 0 Å². The van der Waals surface area contributed by atoms with Crippen molar-refractivity contribution in [2.24, 2.45) is 0 Å². The number of carbonyl (C=O) groups is 1. The van der Waals surface area contributed by atoms with Gasteiger partial charge < -0.3 is 4.90 Å². The Hall–Kier alpha value is -3.97. The Morgan fingerprint density at radius 3 is 2.40 bits per heavy atom. The normalized spacial score (nSPS) is 11.1. The average Bonchev–Trinajstić information content (AvgIpc) is 2.89. The van der Waals surface area contributed by atoms with E-state index in [0.717, 1.165) is 28.2 Å². The first-order valence-corrected chi connectivity index (χ1v) is 12.2. The van der Waals surface area contributed by atoms with Crippen LogP contribution in [0.3, 0.4) is 0 Å². The molecule has 5 nitrogen and oxygen atoms in total. The smallest absolute Gasteiger partial charge is 0.266 e. The molecule has 5 rings (SSSR count). The van der Waals surface area contributed by atoms with Crippen molar-refractivity contribution in [3.8, 4) is 5.69 Å². The molecule has 0 radical (unpaired) electrons. The van der Waals surface area contributed by atoms with Crippen LogP contribution in [0.1, 0.15) is 6.92 Å². The number of hydrogen-bond acceptors (Lipinski definition) is 4. The first kappa shape index (κ1) is 22.8. The zero-order valence-corrected chi connectivity index (χ0v) is 19.8. The van der Waals surface area contributed by atoms with E-state index in [0.29, 0.717) is 17.4 Å². The highest BCUT2D eigenvalue weighted by molar-refractivity contribution is 7.99. The van der Waals surface area contributed by atoms with Gasteiger partial charge in [-0.05, 0) is 42.6 Å². The van der Waals surface area contributed by atoms with Gasteiger partial charge in [-0.15, -0.1) is 0 Å². The molecule has 0 saturated heterocycles. The third kappa shape index (κ3) is 4.31. The number of halogens is 1. The minimum atomic E-state index is -0.536. The predicted octanol–water partition coefficient (Wildman–Crippen LogP) is 5.82. The van der Waals surface area contributed by atoms with Gasteiger partial charge in [0.1, 0.15) is 5.82 Å². The fourth-order valence-electron chi connectivity index (χ4n) is 4.18. The van der Waals surface area contributed by atoms with Crippen molar-refractivity contribution >= 4 is 45.0 Å². The van der Waals surface area contributed by atoms with Crippen LogP contribution in [0.2, 0.25) is 0 Å². The summed E-state index contributed by atoms with van der Waals surface area (Å²) in [4.78, 5) is 33.1. The molecule has 0 spiro atoms. The zero-order chi connectivity index (χ0) is 24.4. The molecule has 1 aromatic heterocycles. The van der Waals surface area contributed by atoms with Gasteiger partial charge in [0.25, 0.3) is 5.56 Å². The summed E-state index contributed by atoms with van der Waals surface area (Å²) in [7, 11) is 0. The van der Waals surface area contributed by atoms with E-state index in [1.165, 1.54) is 16.7 Å². The second-order valence-corrected chi connectivity index (χ2v) is 8.87. The van der Waals surface area contributed by atoms with E-state index in [4.69, 9.17) is 0 Å². The molecule has 0 N–H and O–H groups in total. The van der Waals surface area contributed by atoms with Crippen LogP contribution in [0.15, 0.2) is 101 Å². The lowest BCUT2D eigenvalue weighted by atomic mass is 10.1. The number of para-hydroxylation sites is 2. The summed E-state index contributed by atoms with van der Waals surface area (Å²) >= 11 is 1.13. The number of amides is 1. The molecule has 35 heavy (non-hydrogen) atoms. The number of thioether (sulfide) groups is 1. The molecule has 0 atom stereocenters. The summed E-state index contributed by atoms with van der Waals surface area (Å²) < 4.78 is 16.0. The van der Waals surface area contributed by atoms with Crippen LogP contribution in [0, 0.1) is 5.82 Å². The maximum atomic E-state index is 14.7. The zero-order valence-electron chi connectivity index (χ0n) is 19.0. The number of aromatic nitrogens is 2. The summed E-state index contributed by atoms with van der Waals surface area (Å²) in [6, 6.07) is 26.8. The first-order chi connectivity index (χ1) is 17.1. The molecule has 1 heterocycles. The molecular weight excluding hydrogens is 461 g/mol. The summed E-state index contributed by atoms with van der Waals surface area (Å²) in [6.45, 7) is 2.41. The SMILES string of the molecule is CCN(C(=O)CSc1nc2ccccc2c(=O)n1-c1ccccc1F)c1cccc2ccccc12. The Morgan fingerprint density at radius 2 is 1.60 bits per heavy atom. The maximum Gasteiger partial charge on any atom is 0.266 e. The van der Waals surface area contributed by atoms with Gasteiger partial charge in [0.05, 0.1) is 28.0 Å². The number of carbonyl (C=O) groups excluding carboxylic acids is 1. The number of rotatable bonds is 6. The molecule has 0 aliphatic rings. The Morgan fingerprint density at radius 1 is 0.914 bits per heavy atom. The van der Waals surface area contributed by atoms with Gasteiger partial charge in [0.15, 0.2) is 5.16 Å². The van der Waals surface area contributed by atoms with Gasteiger partial charge >= 0.3 is 0 Å². The second kappa shape index (κ2) is 9.72. The minimum absolute atomic E-state index is 0.0380. The molecule has 0 bridgehead atoms. The second-order valence-electron chi connectivity index (χ2n) is 7.93. The van der Waals surface area contributed by atoms with Crippen LogP contribution >= 0.6 is 11.8 Å². The van der Waals surface area contributed by atoms with Gasteiger partial charge in [0.2, 0.25) is 5.91 Å². The highest BCUT2D eigenvalue weighted by Crippen LogP contribution is 2.28. The molecule has 0 unspecified atom stereocenters. The quantitative estimate of drug-likeness (QED) is 0.225. The van der Waals surface area contributed by atoms with Crippen molar-refractivity contribution in [2.75, 3.05) is 17.2 Å². The number of benzene rings is 4. The van der Waals surface area contributed by atoms with Gasteiger partial charge in [-0.25, -0.2) is 9.37 Å². The largest absolute Gasteiger partial charge is 0.311 e. The van der Waals surface area contributed by atoms with Crippen molar-refractivity contribution < 1.29 is 9.18 Å². The molecule has 7 heteroatoms. The fraction of sp³-hybridized carbons (Fsp3) is 0.107. The molecule has 0 aliphatic carbocycles. The van der Waals surface area contributed by atoms with Crippen LogP contribution in [-0.2, 0) is 4.79 Å². The Kier molecular flexibility index (Phi) is 6.33. The molecule has 0 aliphatic heterocycles. The van der Waals surface area contributed by atoms with E-state index in [9.17, 15) is 14.0 Å². The van der Waals surface area contributed by atoms with Crippen LogP contribution in [-0.4, -0.2) is 27.8 Å². The molecule has 1 amide bonds. The summed E-state index contributed by atoms with van der Waals surface area (Å²) in [5.41, 5.74) is 1.06. The van der Waals surface area contributed by atoms with E-state index < -0.39 is 5.82 Å². The van der Waals surface area contributed by atoms with Gasteiger partial charge in [-0.2, -0.15) is 0 Å². The van der Waals surface area contributed by atoms with Crippen molar-refractivity contribution in [3.05, 3.63) is 107 Å². The van der Waals surface area contributed by atoms with Crippen LogP contribution in [0.4, 0.5) is 10.1 Å². The van der Waals surface area contributed by atoms with E-state index >= 15 is 0 Å². The molecular formula is C28H22FN3O2S. The third-order valence-corrected chi connectivity index (χ3v) is 6.76. The Labute approximate surface area is 205 Å². The lowest BCUT2D eigenvalue weighted by Crippen LogP contribution is -2.32. The Bertz CT molecular complexity index is 1610. The lowest BCUT2D eigenvalue weighted by Gasteiger charge is -2.23. The minimum Gasteiger partial charge on any atom is -0.311 e. The summed E-state index contributed by atoms with van der Waals surface area (Å²) in [6.07, 6.45) is 0. The van der Waals surface area contributed by atoms with E-state index in [1.54, 1.807) is 41.3 Å². The fourth-order valence-corrected chi connectivity index (χ4v) is 5.07. The van der Waals surface area contributed by atoms with E-state index in [-0.39, 0.29) is 28.1 Å². The molecule has 5 aromatic rings. The van der Waals surface area contributed by atoms with Crippen molar-refractivity contribution in [1.82, 2.24) is 9.55 Å². The summed E-state index contributed by atoms with van der Waals surface area (Å²) in [5, 5.41) is 2.69. The molecule has 0 fully saturated rings. The van der Waals surface area contributed by atoms with Crippen LogP contribution in [0.5, 0.6) is 0 Å². The highest BCUT2D eigenvalue weighted by atomic mass is 32.2. The topological polar surface area (TPSA) is 55.2 Å². The molecule has 0 saturated carbocycles.